The van der Waals surface area contributed by atoms with E-state index in [4.69, 9.17) is 9.47 Å². The van der Waals surface area contributed by atoms with Crippen molar-refractivity contribution in [3.63, 3.8) is 0 Å². The Morgan fingerprint density at radius 1 is 1.21 bits per heavy atom. The largest absolute Gasteiger partial charge is 0.491 e. The van der Waals surface area contributed by atoms with Gasteiger partial charge in [0.05, 0.1) is 19.8 Å². The van der Waals surface area contributed by atoms with E-state index in [9.17, 15) is 4.79 Å². The quantitative estimate of drug-likeness (QED) is 0.849. The number of ether oxygens (including phenoxy) is 2. The van der Waals surface area contributed by atoms with Gasteiger partial charge in [0, 0.05) is 25.4 Å². The molecule has 0 aliphatic carbocycles. The van der Waals surface area contributed by atoms with Crippen molar-refractivity contribution in [2.24, 2.45) is 0 Å². The lowest BCUT2D eigenvalue weighted by molar-refractivity contribution is 0.109. The van der Waals surface area contributed by atoms with Crippen molar-refractivity contribution >= 4 is 0 Å². The molecule has 0 spiro atoms. The molecule has 1 fully saturated rings. The molecule has 24 heavy (non-hydrogen) atoms. The van der Waals surface area contributed by atoms with E-state index in [0.29, 0.717) is 18.0 Å². The summed E-state index contributed by atoms with van der Waals surface area (Å²) in [4.78, 5) is 11.7. The van der Waals surface area contributed by atoms with E-state index >= 15 is 0 Å². The normalized spacial score (nSPS) is 13.7. The lowest BCUT2D eigenvalue weighted by Gasteiger charge is -2.11. The molecule has 1 aromatic carbocycles. The second-order valence-corrected chi connectivity index (χ2v) is 5.31. The van der Waals surface area contributed by atoms with Gasteiger partial charge in [-0.25, -0.2) is 0 Å². The number of aromatic nitrogens is 2. The number of rotatable bonds is 5. The maximum absolute atomic E-state index is 11.7. The molecule has 3 rings (SSSR count). The van der Waals surface area contributed by atoms with E-state index in [0.717, 1.165) is 39.1 Å². The van der Waals surface area contributed by atoms with Gasteiger partial charge in [-0.05, 0) is 24.6 Å². The van der Waals surface area contributed by atoms with Crippen LogP contribution in [0.4, 0.5) is 0 Å². The number of para-hydroxylation sites is 2. The van der Waals surface area contributed by atoms with Crippen molar-refractivity contribution in [2.45, 2.75) is 19.8 Å². The van der Waals surface area contributed by atoms with E-state index in [1.807, 2.05) is 24.3 Å². The zero-order valence-electron chi connectivity index (χ0n) is 14.1. The summed E-state index contributed by atoms with van der Waals surface area (Å²) in [7, 11) is 0. The van der Waals surface area contributed by atoms with Crippen molar-refractivity contribution in [2.75, 3.05) is 32.9 Å². The molecule has 0 atom stereocenters. The van der Waals surface area contributed by atoms with Gasteiger partial charge in [0.25, 0.3) is 5.56 Å². The maximum Gasteiger partial charge on any atom is 0.271 e. The van der Waals surface area contributed by atoms with Crippen LogP contribution in [0, 0.1) is 0 Å². The molecule has 1 aliphatic heterocycles. The summed E-state index contributed by atoms with van der Waals surface area (Å²) in [6.45, 7) is 6.59. The van der Waals surface area contributed by atoms with Gasteiger partial charge < -0.3 is 14.8 Å². The Morgan fingerprint density at radius 3 is 2.62 bits per heavy atom. The molecular weight excluding hydrogens is 306 g/mol. The predicted molar refractivity (Wildman–Crippen MR) is 93.9 cm³/mol. The lowest BCUT2D eigenvalue weighted by atomic mass is 10.3. The van der Waals surface area contributed by atoms with E-state index in [1.54, 1.807) is 12.3 Å². The van der Waals surface area contributed by atoms with Crippen LogP contribution in [-0.4, -0.2) is 42.7 Å². The van der Waals surface area contributed by atoms with Crippen molar-refractivity contribution in [1.82, 2.24) is 15.1 Å². The van der Waals surface area contributed by atoms with E-state index in [2.05, 4.69) is 17.3 Å². The minimum absolute atomic E-state index is 0.163. The van der Waals surface area contributed by atoms with Crippen molar-refractivity contribution in [1.29, 1.82) is 0 Å². The highest BCUT2D eigenvalue weighted by Gasteiger charge is 2.07. The molecule has 0 unspecified atom stereocenters. The molecule has 2 aromatic rings. The number of nitrogens with one attached hydrogen (secondary N) is 1. The smallest absolute Gasteiger partial charge is 0.271 e. The highest BCUT2D eigenvalue weighted by Crippen LogP contribution is 2.20. The molecule has 0 radical (unpaired) electrons. The van der Waals surface area contributed by atoms with Gasteiger partial charge >= 0.3 is 0 Å². The molecule has 0 amide bonds. The summed E-state index contributed by atoms with van der Waals surface area (Å²) in [5, 5.41) is 7.22. The first kappa shape index (κ1) is 18.2. The molecule has 6 heteroatoms. The first-order valence-electron chi connectivity index (χ1n) is 8.38. The van der Waals surface area contributed by atoms with Gasteiger partial charge in [-0.1, -0.05) is 25.5 Å². The zero-order valence-corrected chi connectivity index (χ0v) is 14.1. The van der Waals surface area contributed by atoms with Crippen LogP contribution in [0.15, 0.2) is 47.4 Å². The Labute approximate surface area is 142 Å². The maximum atomic E-state index is 11.7. The van der Waals surface area contributed by atoms with E-state index < -0.39 is 0 Å². The average molecular weight is 331 g/mol. The van der Waals surface area contributed by atoms with Gasteiger partial charge in [-0.2, -0.15) is 9.78 Å². The van der Waals surface area contributed by atoms with Crippen molar-refractivity contribution < 1.29 is 9.47 Å². The third-order valence-electron chi connectivity index (χ3n) is 3.41. The Morgan fingerprint density at radius 2 is 2.00 bits per heavy atom. The van der Waals surface area contributed by atoms with Gasteiger partial charge in [0.2, 0.25) is 0 Å². The minimum atomic E-state index is -0.163. The summed E-state index contributed by atoms with van der Waals surface area (Å²) < 4.78 is 12.0. The summed E-state index contributed by atoms with van der Waals surface area (Å²) >= 11 is 0. The van der Waals surface area contributed by atoms with Crippen LogP contribution in [0.2, 0.25) is 0 Å². The molecule has 2 heterocycles. The van der Waals surface area contributed by atoms with Crippen molar-refractivity contribution in [3.05, 3.63) is 52.9 Å². The van der Waals surface area contributed by atoms with Crippen LogP contribution < -0.4 is 15.6 Å². The molecule has 1 saturated heterocycles. The molecule has 0 bridgehead atoms. The molecule has 130 valence electrons. The molecule has 0 saturated carbocycles. The molecule has 6 nitrogen and oxygen atoms in total. The second-order valence-electron chi connectivity index (χ2n) is 5.31. The Balaban J connectivity index is 0.000000292. The van der Waals surface area contributed by atoms with E-state index in [-0.39, 0.29) is 5.56 Å². The fraction of sp³-hybridized carbons (Fsp3) is 0.444. The average Bonchev–Trinajstić information content (AvgIpc) is 2.65. The Kier molecular flexibility index (Phi) is 8.00. The molecule has 1 N–H and O–H groups in total. The first-order chi connectivity index (χ1) is 11.8. The predicted octanol–water partition coefficient (Wildman–Crippen LogP) is 2.02. The van der Waals surface area contributed by atoms with Crippen LogP contribution >= 0.6 is 0 Å². The van der Waals surface area contributed by atoms with Crippen LogP contribution in [-0.2, 0) is 4.74 Å². The third kappa shape index (κ3) is 5.79. The third-order valence-corrected chi connectivity index (χ3v) is 3.41. The fourth-order valence-electron chi connectivity index (χ4n) is 2.14. The molecule has 1 aromatic heterocycles. The van der Waals surface area contributed by atoms with Crippen LogP contribution in [0.1, 0.15) is 19.8 Å². The van der Waals surface area contributed by atoms with Gasteiger partial charge in [0.1, 0.15) is 11.4 Å². The number of benzene rings is 1. The second kappa shape index (κ2) is 10.6. The first-order valence-corrected chi connectivity index (χ1v) is 8.38. The minimum Gasteiger partial charge on any atom is -0.491 e. The van der Waals surface area contributed by atoms with Gasteiger partial charge in [-0.15, -0.1) is 0 Å². The monoisotopic (exact) mass is 331 g/mol. The number of hydrogen-bond donors (Lipinski definition) is 1. The number of morpholine rings is 1. The topological polar surface area (TPSA) is 65.4 Å². The highest BCUT2D eigenvalue weighted by atomic mass is 16.5. The Bertz CT molecular complexity index is 642. The van der Waals surface area contributed by atoms with E-state index in [1.165, 1.54) is 10.7 Å². The van der Waals surface area contributed by atoms with Crippen LogP contribution in [0.25, 0.3) is 5.69 Å². The van der Waals surface area contributed by atoms with Gasteiger partial charge in [-0.3, -0.25) is 4.79 Å². The highest BCUT2D eigenvalue weighted by molar-refractivity contribution is 5.45. The van der Waals surface area contributed by atoms with Gasteiger partial charge in [0.15, 0.2) is 0 Å². The summed E-state index contributed by atoms with van der Waals surface area (Å²) in [6.07, 6.45) is 3.65. The fourth-order valence-corrected chi connectivity index (χ4v) is 2.14. The number of unbranched alkanes of at least 4 members (excludes halogenated alkanes) is 1. The zero-order chi connectivity index (χ0) is 17.0. The Hall–Kier alpha value is -2.18. The number of nitrogens with zero attached hydrogens (tertiary/aromatic N) is 2. The molecular formula is C18H25N3O3. The van der Waals surface area contributed by atoms with Crippen molar-refractivity contribution in [3.8, 4) is 11.4 Å². The standard InChI is InChI=1S/C14H16N2O2.C4H9NO/c1-2-3-11-18-13-8-5-4-7-12(13)16-14(17)9-6-10-15-16;1-3-6-4-2-5-1/h4-10H,2-3,11H2,1H3;5H,1-4H2. The number of hydrogen-bond acceptors (Lipinski definition) is 5. The van der Waals surface area contributed by atoms with Crippen LogP contribution in [0.5, 0.6) is 5.75 Å². The lowest BCUT2D eigenvalue weighted by Crippen LogP contribution is -2.30. The molecule has 1 aliphatic rings. The van der Waals surface area contributed by atoms with Crippen LogP contribution in [0.3, 0.4) is 0 Å². The summed E-state index contributed by atoms with van der Waals surface area (Å²) in [5.74, 6) is 0.687. The summed E-state index contributed by atoms with van der Waals surface area (Å²) in [5.41, 5.74) is 0.517. The summed E-state index contributed by atoms with van der Waals surface area (Å²) in [6, 6.07) is 10.5. The SMILES string of the molecule is C1COCCN1.CCCCOc1ccccc1-n1ncccc1=O.